The first-order chi connectivity index (χ1) is 13.6. The number of nitrogens with one attached hydrogen (secondary N) is 1. The molecule has 0 bridgehead atoms. The quantitative estimate of drug-likeness (QED) is 0.612. The minimum absolute atomic E-state index is 0.00948. The lowest BCUT2D eigenvalue weighted by Gasteiger charge is -2.13. The van der Waals surface area contributed by atoms with Gasteiger partial charge in [0, 0.05) is 24.4 Å². The van der Waals surface area contributed by atoms with Crippen molar-refractivity contribution < 1.29 is 14.1 Å². The topological polar surface area (TPSA) is 77.2 Å². The summed E-state index contributed by atoms with van der Waals surface area (Å²) >= 11 is 0. The fourth-order valence-corrected chi connectivity index (χ4v) is 2.88. The van der Waals surface area contributed by atoms with Gasteiger partial charge in [-0.2, -0.15) is 4.98 Å². The van der Waals surface area contributed by atoms with E-state index in [1.807, 2.05) is 49.4 Å². The Balaban J connectivity index is 1.43. The molecule has 0 aliphatic rings. The average molecular weight is 379 g/mol. The van der Waals surface area contributed by atoms with Gasteiger partial charge < -0.3 is 14.6 Å². The third-order valence-electron chi connectivity index (χ3n) is 4.50. The molecule has 0 fully saturated rings. The molecule has 2 aromatic carbocycles. The Morgan fingerprint density at radius 2 is 1.86 bits per heavy atom. The van der Waals surface area contributed by atoms with Crippen LogP contribution in [0.5, 0.6) is 5.75 Å². The molecule has 1 N–H and O–H groups in total. The number of aromatic nitrogens is 2. The van der Waals surface area contributed by atoms with Crippen LogP contribution in [0.2, 0.25) is 0 Å². The average Bonchev–Trinajstić information content (AvgIpc) is 3.21. The summed E-state index contributed by atoms with van der Waals surface area (Å²) in [6.45, 7) is 2.02. The van der Waals surface area contributed by atoms with Crippen LogP contribution in [0.4, 0.5) is 0 Å². The number of ether oxygens (including phenoxy) is 1. The van der Waals surface area contributed by atoms with Crippen LogP contribution in [0, 0.1) is 0 Å². The summed E-state index contributed by atoms with van der Waals surface area (Å²) in [7, 11) is 1.62. The number of hydrogen-bond donors (Lipinski definition) is 1. The molecule has 3 aromatic rings. The first-order valence-electron chi connectivity index (χ1n) is 9.44. The summed E-state index contributed by atoms with van der Waals surface area (Å²) in [6, 6.07) is 17.8. The molecule has 1 atom stereocenters. The number of rotatable bonds is 9. The van der Waals surface area contributed by atoms with E-state index < -0.39 is 0 Å². The molecule has 0 spiro atoms. The Morgan fingerprint density at radius 3 is 2.57 bits per heavy atom. The van der Waals surface area contributed by atoms with E-state index in [9.17, 15) is 4.79 Å². The third-order valence-corrected chi connectivity index (χ3v) is 4.50. The maximum Gasteiger partial charge on any atom is 0.227 e. The zero-order valence-corrected chi connectivity index (χ0v) is 16.2. The van der Waals surface area contributed by atoms with E-state index in [0.717, 1.165) is 24.2 Å². The number of benzene rings is 2. The van der Waals surface area contributed by atoms with Gasteiger partial charge in [0.05, 0.1) is 7.11 Å². The first-order valence-corrected chi connectivity index (χ1v) is 9.44. The smallest absolute Gasteiger partial charge is 0.227 e. The molecule has 0 saturated carbocycles. The molecule has 0 saturated heterocycles. The van der Waals surface area contributed by atoms with Gasteiger partial charge in [-0.1, -0.05) is 35.5 Å². The summed E-state index contributed by atoms with van der Waals surface area (Å²) in [5, 5.41) is 7.01. The lowest BCUT2D eigenvalue weighted by Crippen LogP contribution is -2.33. The highest BCUT2D eigenvalue weighted by Crippen LogP contribution is 2.20. The van der Waals surface area contributed by atoms with E-state index in [-0.39, 0.29) is 11.9 Å². The van der Waals surface area contributed by atoms with Gasteiger partial charge in [-0.15, -0.1) is 0 Å². The van der Waals surface area contributed by atoms with Crippen LogP contribution in [0.1, 0.15) is 31.2 Å². The summed E-state index contributed by atoms with van der Waals surface area (Å²) in [5.74, 6) is 1.72. The predicted molar refractivity (Wildman–Crippen MR) is 107 cm³/mol. The molecule has 0 aliphatic carbocycles. The third kappa shape index (κ3) is 5.67. The first kappa shape index (κ1) is 19.6. The molecule has 6 nitrogen and oxygen atoms in total. The SMILES string of the molecule is COc1ccc(-c2noc(CCC(=O)NC(C)CCc3ccccc3)n2)cc1. The van der Waals surface area contributed by atoms with Crippen molar-refractivity contribution in [1.82, 2.24) is 15.5 Å². The molecule has 1 heterocycles. The molecule has 6 heteroatoms. The Labute approximate surface area is 164 Å². The number of hydrogen-bond acceptors (Lipinski definition) is 5. The van der Waals surface area contributed by atoms with E-state index in [1.54, 1.807) is 7.11 Å². The molecule has 1 unspecified atom stereocenters. The van der Waals surface area contributed by atoms with E-state index in [0.29, 0.717) is 24.6 Å². The fourth-order valence-electron chi connectivity index (χ4n) is 2.88. The highest BCUT2D eigenvalue weighted by molar-refractivity contribution is 5.76. The Bertz CT molecular complexity index is 876. The van der Waals surface area contributed by atoms with Crippen LogP contribution in [0.25, 0.3) is 11.4 Å². The van der Waals surface area contributed by atoms with Crippen molar-refractivity contribution in [2.45, 2.75) is 38.6 Å². The molecular weight excluding hydrogens is 354 g/mol. The van der Waals surface area contributed by atoms with Gasteiger partial charge in [-0.3, -0.25) is 4.79 Å². The van der Waals surface area contributed by atoms with Crippen molar-refractivity contribution >= 4 is 5.91 Å². The van der Waals surface area contributed by atoms with Gasteiger partial charge in [-0.05, 0) is 49.6 Å². The predicted octanol–water partition coefficient (Wildman–Crippen LogP) is 3.82. The van der Waals surface area contributed by atoms with Gasteiger partial charge >= 0.3 is 0 Å². The number of methoxy groups -OCH3 is 1. The lowest BCUT2D eigenvalue weighted by atomic mass is 10.1. The standard InChI is InChI=1S/C22H25N3O3/c1-16(8-9-17-6-4-3-5-7-17)23-20(26)14-15-21-24-22(25-28-21)18-10-12-19(27-2)13-11-18/h3-7,10-13,16H,8-9,14-15H2,1-2H3,(H,23,26). The van der Waals surface area contributed by atoms with Crippen LogP contribution >= 0.6 is 0 Å². The monoisotopic (exact) mass is 379 g/mol. The van der Waals surface area contributed by atoms with Crippen molar-refractivity contribution in [3.05, 3.63) is 66.1 Å². The molecule has 1 aromatic heterocycles. The van der Waals surface area contributed by atoms with Crippen LogP contribution in [-0.4, -0.2) is 29.2 Å². The van der Waals surface area contributed by atoms with Crippen LogP contribution < -0.4 is 10.1 Å². The van der Waals surface area contributed by atoms with E-state index in [2.05, 4.69) is 27.6 Å². The largest absolute Gasteiger partial charge is 0.497 e. The minimum atomic E-state index is -0.00948. The van der Waals surface area contributed by atoms with Gasteiger partial charge in [-0.25, -0.2) is 0 Å². The zero-order chi connectivity index (χ0) is 19.8. The lowest BCUT2D eigenvalue weighted by molar-refractivity contribution is -0.121. The minimum Gasteiger partial charge on any atom is -0.497 e. The normalized spacial score (nSPS) is 11.8. The Morgan fingerprint density at radius 1 is 1.11 bits per heavy atom. The summed E-state index contributed by atoms with van der Waals surface area (Å²) in [4.78, 5) is 16.5. The van der Waals surface area contributed by atoms with Crippen molar-refractivity contribution in [3.63, 3.8) is 0 Å². The van der Waals surface area contributed by atoms with Crippen LogP contribution in [0.15, 0.2) is 59.1 Å². The van der Waals surface area contributed by atoms with E-state index in [1.165, 1.54) is 5.56 Å². The van der Waals surface area contributed by atoms with Crippen molar-refractivity contribution in [3.8, 4) is 17.1 Å². The van der Waals surface area contributed by atoms with Gasteiger partial charge in [0.1, 0.15) is 5.75 Å². The van der Waals surface area contributed by atoms with Crippen molar-refractivity contribution in [1.29, 1.82) is 0 Å². The number of amides is 1. The maximum absolute atomic E-state index is 12.2. The zero-order valence-electron chi connectivity index (χ0n) is 16.2. The Kier molecular flexibility index (Phi) is 6.78. The second-order valence-corrected chi connectivity index (χ2v) is 6.73. The molecule has 1 amide bonds. The van der Waals surface area contributed by atoms with E-state index >= 15 is 0 Å². The maximum atomic E-state index is 12.2. The van der Waals surface area contributed by atoms with Gasteiger partial charge in [0.2, 0.25) is 17.6 Å². The molecule has 0 radical (unpaired) electrons. The molecule has 28 heavy (non-hydrogen) atoms. The van der Waals surface area contributed by atoms with Crippen LogP contribution in [-0.2, 0) is 17.6 Å². The second kappa shape index (κ2) is 9.69. The van der Waals surface area contributed by atoms with Crippen molar-refractivity contribution in [2.24, 2.45) is 0 Å². The van der Waals surface area contributed by atoms with Gasteiger partial charge in [0.15, 0.2) is 0 Å². The molecule has 146 valence electrons. The molecular formula is C22H25N3O3. The number of aryl methyl sites for hydroxylation is 2. The van der Waals surface area contributed by atoms with Crippen molar-refractivity contribution in [2.75, 3.05) is 7.11 Å². The Hall–Kier alpha value is -3.15. The van der Waals surface area contributed by atoms with Gasteiger partial charge in [0.25, 0.3) is 0 Å². The van der Waals surface area contributed by atoms with Crippen LogP contribution in [0.3, 0.4) is 0 Å². The summed E-state index contributed by atoms with van der Waals surface area (Å²) < 4.78 is 10.4. The number of carbonyl (C=O) groups excluding carboxylic acids is 1. The number of carbonyl (C=O) groups is 1. The molecule has 3 rings (SSSR count). The highest BCUT2D eigenvalue weighted by Gasteiger charge is 2.12. The van der Waals surface area contributed by atoms with E-state index in [4.69, 9.17) is 9.26 Å². The summed E-state index contributed by atoms with van der Waals surface area (Å²) in [6.07, 6.45) is 2.58. The summed E-state index contributed by atoms with van der Waals surface area (Å²) in [5.41, 5.74) is 2.12. The molecule has 0 aliphatic heterocycles. The number of nitrogens with zero attached hydrogens (tertiary/aromatic N) is 2. The second-order valence-electron chi connectivity index (χ2n) is 6.73. The highest BCUT2D eigenvalue weighted by atomic mass is 16.5. The fraction of sp³-hybridized carbons (Fsp3) is 0.318.